The van der Waals surface area contributed by atoms with Gasteiger partial charge in [-0.05, 0) is 19.1 Å². The molecule has 1 aliphatic rings. The van der Waals surface area contributed by atoms with Crippen LogP contribution < -0.4 is 10.2 Å². The van der Waals surface area contributed by atoms with Gasteiger partial charge in [0.25, 0.3) is 0 Å². The van der Waals surface area contributed by atoms with E-state index in [1.165, 1.54) is 0 Å². The minimum Gasteiger partial charge on any atom is -0.324 e. The van der Waals surface area contributed by atoms with Crippen molar-refractivity contribution in [3.63, 3.8) is 0 Å². The summed E-state index contributed by atoms with van der Waals surface area (Å²) in [5.41, 5.74) is 1.42. The lowest BCUT2D eigenvalue weighted by Gasteiger charge is -2.27. The first-order valence-electron chi connectivity index (χ1n) is 5.90. The van der Waals surface area contributed by atoms with Crippen LogP contribution in [0, 0.1) is 0 Å². The van der Waals surface area contributed by atoms with Gasteiger partial charge in [-0.15, -0.1) is 11.6 Å². The van der Waals surface area contributed by atoms with E-state index < -0.39 is 0 Å². The topological polar surface area (TPSA) is 49.4 Å². The molecule has 0 aliphatic carbocycles. The van der Waals surface area contributed by atoms with Crippen LogP contribution in [-0.2, 0) is 9.59 Å². The highest BCUT2D eigenvalue weighted by molar-refractivity contribution is 6.19. The monoisotopic (exact) mass is 266 g/mol. The van der Waals surface area contributed by atoms with Crippen LogP contribution in [0.15, 0.2) is 24.3 Å². The molecule has 1 aliphatic heterocycles. The number of carbonyl (C=O) groups excluding carboxylic acids is 2. The maximum Gasteiger partial charge on any atom is 0.228 e. The Bertz CT molecular complexity index is 476. The number of halogens is 1. The molecule has 0 bridgehead atoms. The third-order valence-corrected chi connectivity index (χ3v) is 3.13. The fourth-order valence-electron chi connectivity index (χ4n) is 2.17. The molecule has 1 N–H and O–H groups in total. The van der Waals surface area contributed by atoms with Crippen molar-refractivity contribution >= 4 is 34.8 Å². The van der Waals surface area contributed by atoms with Gasteiger partial charge in [-0.25, -0.2) is 0 Å². The number of nitrogens with one attached hydrogen (secondary N) is 1. The van der Waals surface area contributed by atoms with Crippen molar-refractivity contribution < 1.29 is 9.59 Å². The van der Waals surface area contributed by atoms with Crippen molar-refractivity contribution in [1.29, 1.82) is 0 Å². The van der Waals surface area contributed by atoms with Crippen molar-refractivity contribution in [2.45, 2.75) is 25.8 Å². The van der Waals surface area contributed by atoms with E-state index in [0.29, 0.717) is 12.1 Å². The van der Waals surface area contributed by atoms with Crippen LogP contribution in [0.5, 0.6) is 0 Å². The average molecular weight is 267 g/mol. The molecule has 0 aromatic heterocycles. The van der Waals surface area contributed by atoms with Crippen LogP contribution >= 0.6 is 11.6 Å². The molecular formula is C13H15ClN2O2. The Kier molecular flexibility index (Phi) is 3.87. The molecule has 96 valence electrons. The van der Waals surface area contributed by atoms with Crippen LogP contribution in [0.4, 0.5) is 11.4 Å². The highest BCUT2D eigenvalue weighted by Crippen LogP contribution is 2.31. The van der Waals surface area contributed by atoms with Crippen LogP contribution in [0.2, 0.25) is 0 Å². The first kappa shape index (κ1) is 12.9. The minimum atomic E-state index is -0.163. The first-order chi connectivity index (χ1) is 8.63. The fraction of sp³-hybridized carbons (Fsp3) is 0.385. The molecule has 0 saturated heterocycles. The van der Waals surface area contributed by atoms with Crippen molar-refractivity contribution in [3.8, 4) is 0 Å². The van der Waals surface area contributed by atoms with Gasteiger partial charge in [0.05, 0.1) is 11.4 Å². The Morgan fingerprint density at radius 1 is 1.50 bits per heavy atom. The van der Waals surface area contributed by atoms with Crippen molar-refractivity contribution in [3.05, 3.63) is 24.3 Å². The zero-order valence-corrected chi connectivity index (χ0v) is 10.9. The van der Waals surface area contributed by atoms with Crippen LogP contribution in [0.3, 0.4) is 0 Å². The first-order valence-corrected chi connectivity index (χ1v) is 6.44. The smallest absolute Gasteiger partial charge is 0.228 e. The van der Waals surface area contributed by atoms with E-state index in [2.05, 4.69) is 5.32 Å². The SMILES string of the molecule is C[C@H]1CC(=O)Nc2ccccc2N1C(=O)CCCl. The van der Waals surface area contributed by atoms with E-state index in [-0.39, 0.29) is 30.2 Å². The van der Waals surface area contributed by atoms with E-state index >= 15 is 0 Å². The van der Waals surface area contributed by atoms with Gasteiger partial charge in [-0.2, -0.15) is 0 Å². The molecule has 0 saturated carbocycles. The predicted octanol–water partition coefficient (Wildman–Crippen LogP) is 2.38. The number of alkyl halides is 1. The van der Waals surface area contributed by atoms with Gasteiger partial charge in [0.15, 0.2) is 0 Å². The summed E-state index contributed by atoms with van der Waals surface area (Å²) in [5.74, 6) is 0.156. The standard InChI is InChI=1S/C13H15ClN2O2/c1-9-8-12(17)15-10-4-2-3-5-11(10)16(9)13(18)6-7-14/h2-5,9H,6-8H2,1H3,(H,15,17)/t9-/m0/s1. The summed E-state index contributed by atoms with van der Waals surface area (Å²) in [4.78, 5) is 25.5. The molecule has 2 rings (SSSR count). The summed E-state index contributed by atoms with van der Waals surface area (Å²) in [6, 6.07) is 7.16. The minimum absolute atomic E-state index is 0.0542. The van der Waals surface area contributed by atoms with E-state index in [1.807, 2.05) is 25.1 Å². The Morgan fingerprint density at radius 2 is 2.22 bits per heavy atom. The summed E-state index contributed by atoms with van der Waals surface area (Å²) < 4.78 is 0. The van der Waals surface area contributed by atoms with Gasteiger partial charge in [-0.1, -0.05) is 12.1 Å². The number of nitrogens with zero attached hydrogens (tertiary/aromatic N) is 1. The van der Waals surface area contributed by atoms with Gasteiger partial charge >= 0.3 is 0 Å². The number of carbonyl (C=O) groups is 2. The van der Waals surface area contributed by atoms with Crippen molar-refractivity contribution in [2.24, 2.45) is 0 Å². The second kappa shape index (κ2) is 5.40. The van der Waals surface area contributed by atoms with Crippen molar-refractivity contribution in [2.75, 3.05) is 16.1 Å². The third kappa shape index (κ3) is 2.48. The summed E-state index contributed by atoms with van der Waals surface area (Å²) in [5, 5.41) is 2.81. The normalized spacial score (nSPS) is 18.9. The third-order valence-electron chi connectivity index (χ3n) is 2.94. The van der Waals surface area contributed by atoms with Gasteiger partial charge in [-0.3, -0.25) is 9.59 Å². The molecule has 0 radical (unpaired) electrons. The molecule has 1 atom stereocenters. The number of rotatable bonds is 2. The van der Waals surface area contributed by atoms with Crippen LogP contribution in [0.25, 0.3) is 0 Å². The predicted molar refractivity (Wildman–Crippen MR) is 72.0 cm³/mol. The quantitative estimate of drug-likeness (QED) is 0.836. The number of hydrogen-bond acceptors (Lipinski definition) is 2. The molecule has 0 fully saturated rings. The second-order valence-electron chi connectivity index (χ2n) is 4.32. The van der Waals surface area contributed by atoms with Crippen LogP contribution in [0.1, 0.15) is 19.8 Å². The van der Waals surface area contributed by atoms with Crippen LogP contribution in [-0.4, -0.2) is 23.7 Å². The Hall–Kier alpha value is -1.55. The number of para-hydroxylation sites is 2. The molecular weight excluding hydrogens is 252 g/mol. The molecule has 1 aromatic carbocycles. The molecule has 0 spiro atoms. The molecule has 4 nitrogen and oxygen atoms in total. The lowest BCUT2D eigenvalue weighted by molar-refractivity contribution is -0.119. The number of amides is 2. The van der Waals surface area contributed by atoms with Gasteiger partial charge < -0.3 is 10.2 Å². The average Bonchev–Trinajstić information content (AvgIpc) is 2.43. The summed E-state index contributed by atoms with van der Waals surface area (Å²) in [6.45, 7) is 1.87. The van der Waals surface area contributed by atoms with E-state index in [4.69, 9.17) is 11.6 Å². The number of hydrogen-bond donors (Lipinski definition) is 1. The zero-order valence-electron chi connectivity index (χ0n) is 10.1. The van der Waals surface area contributed by atoms with E-state index in [9.17, 15) is 9.59 Å². The maximum atomic E-state index is 12.1. The van der Waals surface area contributed by atoms with E-state index in [1.54, 1.807) is 11.0 Å². The molecule has 0 unspecified atom stereocenters. The van der Waals surface area contributed by atoms with E-state index in [0.717, 1.165) is 5.69 Å². The molecule has 2 amide bonds. The number of benzene rings is 1. The maximum absolute atomic E-state index is 12.1. The summed E-state index contributed by atoms with van der Waals surface area (Å²) in [6.07, 6.45) is 0.567. The van der Waals surface area contributed by atoms with Gasteiger partial charge in [0, 0.05) is 24.8 Å². The highest BCUT2D eigenvalue weighted by atomic mass is 35.5. The Balaban J connectivity index is 2.43. The van der Waals surface area contributed by atoms with Crippen molar-refractivity contribution in [1.82, 2.24) is 0 Å². The highest BCUT2D eigenvalue weighted by Gasteiger charge is 2.28. The summed E-state index contributed by atoms with van der Waals surface area (Å²) in [7, 11) is 0. The molecule has 5 heteroatoms. The molecule has 18 heavy (non-hydrogen) atoms. The second-order valence-corrected chi connectivity index (χ2v) is 4.70. The molecule has 1 heterocycles. The lowest BCUT2D eigenvalue weighted by atomic mass is 10.1. The van der Waals surface area contributed by atoms with Gasteiger partial charge in [0.1, 0.15) is 0 Å². The number of fused-ring (bicyclic) bond motifs is 1. The van der Waals surface area contributed by atoms with Gasteiger partial charge in [0.2, 0.25) is 11.8 Å². The summed E-state index contributed by atoms with van der Waals surface area (Å²) >= 11 is 5.63. The largest absolute Gasteiger partial charge is 0.324 e. The Labute approximate surface area is 111 Å². The fourth-order valence-corrected chi connectivity index (χ4v) is 2.33. The molecule has 1 aromatic rings. The lowest BCUT2D eigenvalue weighted by Crippen LogP contribution is -2.39. The zero-order chi connectivity index (χ0) is 13.1. The Morgan fingerprint density at radius 3 is 2.94 bits per heavy atom. The number of anilines is 2.